The summed E-state index contributed by atoms with van der Waals surface area (Å²) in [5.41, 5.74) is 1.76. The summed E-state index contributed by atoms with van der Waals surface area (Å²) in [6, 6.07) is 9.81. The van der Waals surface area contributed by atoms with Gasteiger partial charge in [0.25, 0.3) is 0 Å². The maximum absolute atomic E-state index is 12.2. The van der Waals surface area contributed by atoms with Crippen LogP contribution in [0, 0.1) is 0 Å². The number of likely N-dealkylation sites (N-methyl/N-ethyl adjacent to an activating group) is 1. The van der Waals surface area contributed by atoms with E-state index in [-0.39, 0.29) is 25.3 Å². The lowest BCUT2D eigenvalue weighted by atomic mass is 10.2. The quantitative estimate of drug-likeness (QED) is 0.852. The predicted molar refractivity (Wildman–Crippen MR) is 85.8 cm³/mol. The van der Waals surface area contributed by atoms with Crippen LogP contribution in [0.3, 0.4) is 0 Å². The maximum atomic E-state index is 12.2. The van der Waals surface area contributed by atoms with Crippen molar-refractivity contribution in [1.82, 2.24) is 9.88 Å². The Hall–Kier alpha value is -2.21. The number of carboxylic acid groups (broad SMARTS) is 1. The van der Waals surface area contributed by atoms with E-state index in [4.69, 9.17) is 5.11 Å². The smallest absolute Gasteiger partial charge is 0.305 e. The second-order valence-corrected chi connectivity index (χ2v) is 5.66. The number of hydrogen-bond donors (Lipinski definition) is 1. The molecule has 5 nitrogen and oxygen atoms in total. The summed E-state index contributed by atoms with van der Waals surface area (Å²) in [6.07, 6.45) is 0.169. The van der Waals surface area contributed by atoms with Crippen molar-refractivity contribution in [1.29, 1.82) is 0 Å². The zero-order valence-corrected chi connectivity index (χ0v) is 13.2. The van der Waals surface area contributed by atoms with Crippen LogP contribution in [-0.4, -0.2) is 40.0 Å². The second-order valence-electron chi connectivity index (χ2n) is 4.80. The van der Waals surface area contributed by atoms with Crippen LogP contribution < -0.4 is 0 Å². The minimum Gasteiger partial charge on any atom is -0.481 e. The van der Waals surface area contributed by atoms with Gasteiger partial charge in [0.1, 0.15) is 5.01 Å². The molecule has 0 radical (unpaired) electrons. The molecular formula is C16H18N2O3S. The highest BCUT2D eigenvalue weighted by molar-refractivity contribution is 7.13. The van der Waals surface area contributed by atoms with Gasteiger partial charge in [-0.05, 0) is 6.92 Å². The first kappa shape index (κ1) is 16.2. The Kier molecular flexibility index (Phi) is 5.66. The highest BCUT2D eigenvalue weighted by Crippen LogP contribution is 2.23. The average molecular weight is 318 g/mol. The summed E-state index contributed by atoms with van der Waals surface area (Å²) in [5, 5.41) is 11.5. The standard InChI is InChI=1S/C16H18N2O3S/c1-2-18(9-8-15(20)21)14(19)10-13-11-22-16(17-13)12-6-4-3-5-7-12/h3-7,11H,2,8-10H2,1H3,(H,20,21). The zero-order valence-electron chi connectivity index (χ0n) is 12.4. The molecule has 0 spiro atoms. The third kappa shape index (κ3) is 4.39. The molecule has 0 unspecified atom stereocenters. The average Bonchev–Trinajstić information content (AvgIpc) is 2.97. The first-order valence-electron chi connectivity index (χ1n) is 7.09. The molecule has 1 heterocycles. The summed E-state index contributed by atoms with van der Waals surface area (Å²) in [4.78, 5) is 28.9. The monoisotopic (exact) mass is 318 g/mol. The molecule has 1 N–H and O–H groups in total. The lowest BCUT2D eigenvalue weighted by Crippen LogP contribution is -2.34. The van der Waals surface area contributed by atoms with Gasteiger partial charge in [-0.3, -0.25) is 9.59 Å². The van der Waals surface area contributed by atoms with Crippen molar-refractivity contribution in [3.05, 3.63) is 41.4 Å². The molecule has 0 aliphatic rings. The van der Waals surface area contributed by atoms with Crippen molar-refractivity contribution in [2.75, 3.05) is 13.1 Å². The van der Waals surface area contributed by atoms with Crippen LogP contribution >= 0.6 is 11.3 Å². The number of benzene rings is 1. The highest BCUT2D eigenvalue weighted by atomic mass is 32.1. The molecule has 0 aliphatic carbocycles. The number of hydrogen-bond acceptors (Lipinski definition) is 4. The highest BCUT2D eigenvalue weighted by Gasteiger charge is 2.15. The molecule has 0 saturated heterocycles. The summed E-state index contributed by atoms with van der Waals surface area (Å²) in [5.74, 6) is -0.986. The molecule has 6 heteroatoms. The van der Waals surface area contributed by atoms with E-state index in [0.29, 0.717) is 6.54 Å². The van der Waals surface area contributed by atoms with Crippen LogP contribution in [0.15, 0.2) is 35.7 Å². The molecule has 0 fully saturated rings. The molecule has 0 aliphatic heterocycles. The third-order valence-electron chi connectivity index (χ3n) is 3.23. The predicted octanol–water partition coefficient (Wildman–Crippen LogP) is 2.68. The van der Waals surface area contributed by atoms with Crippen molar-refractivity contribution in [3.8, 4) is 10.6 Å². The van der Waals surface area contributed by atoms with Gasteiger partial charge < -0.3 is 10.0 Å². The fourth-order valence-corrected chi connectivity index (χ4v) is 2.88. The number of aliphatic carboxylic acids is 1. The zero-order chi connectivity index (χ0) is 15.9. The molecule has 0 bridgehead atoms. The minimum absolute atomic E-state index is 0.0358. The molecule has 1 aromatic heterocycles. The van der Waals surface area contributed by atoms with E-state index in [1.807, 2.05) is 42.6 Å². The molecular weight excluding hydrogens is 300 g/mol. The van der Waals surface area contributed by atoms with Crippen molar-refractivity contribution < 1.29 is 14.7 Å². The molecule has 2 aromatic rings. The van der Waals surface area contributed by atoms with Gasteiger partial charge in [0, 0.05) is 24.0 Å². The normalized spacial score (nSPS) is 10.4. The summed E-state index contributed by atoms with van der Waals surface area (Å²) in [6.45, 7) is 2.58. The summed E-state index contributed by atoms with van der Waals surface area (Å²) >= 11 is 1.51. The van der Waals surface area contributed by atoms with Gasteiger partial charge in [-0.2, -0.15) is 0 Å². The van der Waals surface area contributed by atoms with E-state index in [0.717, 1.165) is 16.3 Å². The molecule has 22 heavy (non-hydrogen) atoms. The first-order valence-corrected chi connectivity index (χ1v) is 7.97. The number of carbonyl (C=O) groups is 2. The van der Waals surface area contributed by atoms with Crippen LogP contribution in [-0.2, 0) is 16.0 Å². The van der Waals surface area contributed by atoms with Crippen molar-refractivity contribution in [2.24, 2.45) is 0 Å². The van der Waals surface area contributed by atoms with Gasteiger partial charge in [-0.25, -0.2) is 4.98 Å². The lowest BCUT2D eigenvalue weighted by Gasteiger charge is -2.19. The number of nitrogens with zero attached hydrogens (tertiary/aromatic N) is 2. The van der Waals surface area contributed by atoms with E-state index in [2.05, 4.69) is 4.98 Å². The second kappa shape index (κ2) is 7.70. The number of carbonyl (C=O) groups excluding carboxylic acids is 1. The molecule has 2 rings (SSSR count). The minimum atomic E-state index is -0.897. The van der Waals surface area contributed by atoms with Gasteiger partial charge in [0.05, 0.1) is 18.5 Å². The number of rotatable bonds is 7. The van der Waals surface area contributed by atoms with Crippen LogP contribution in [0.25, 0.3) is 10.6 Å². The van der Waals surface area contributed by atoms with Gasteiger partial charge in [0.15, 0.2) is 0 Å². The summed E-state index contributed by atoms with van der Waals surface area (Å²) < 4.78 is 0. The third-order valence-corrected chi connectivity index (χ3v) is 4.18. The van der Waals surface area contributed by atoms with Crippen molar-refractivity contribution >= 4 is 23.2 Å². The fourth-order valence-electron chi connectivity index (χ4n) is 2.06. The van der Waals surface area contributed by atoms with Gasteiger partial charge in [-0.15, -0.1) is 11.3 Å². The number of amides is 1. The van der Waals surface area contributed by atoms with Crippen molar-refractivity contribution in [2.45, 2.75) is 19.8 Å². The van der Waals surface area contributed by atoms with Crippen LogP contribution in [0.4, 0.5) is 0 Å². The van der Waals surface area contributed by atoms with Crippen LogP contribution in [0.1, 0.15) is 19.0 Å². The van der Waals surface area contributed by atoms with Gasteiger partial charge >= 0.3 is 5.97 Å². The van der Waals surface area contributed by atoms with E-state index < -0.39 is 5.97 Å². The van der Waals surface area contributed by atoms with E-state index in [1.54, 1.807) is 4.90 Å². The fraction of sp³-hybridized carbons (Fsp3) is 0.312. The van der Waals surface area contributed by atoms with E-state index in [9.17, 15) is 9.59 Å². The maximum Gasteiger partial charge on any atom is 0.305 e. The van der Waals surface area contributed by atoms with Gasteiger partial charge in [-0.1, -0.05) is 30.3 Å². The lowest BCUT2D eigenvalue weighted by molar-refractivity contribution is -0.138. The van der Waals surface area contributed by atoms with Crippen LogP contribution in [0.2, 0.25) is 0 Å². The Bertz CT molecular complexity index is 640. The SMILES string of the molecule is CCN(CCC(=O)O)C(=O)Cc1csc(-c2ccccc2)n1. The van der Waals surface area contributed by atoms with Crippen LogP contribution in [0.5, 0.6) is 0 Å². The van der Waals surface area contributed by atoms with Gasteiger partial charge in [0.2, 0.25) is 5.91 Å². The Labute approximate surface area is 133 Å². The van der Waals surface area contributed by atoms with E-state index >= 15 is 0 Å². The Balaban J connectivity index is 1.99. The Morgan fingerprint density at radius 2 is 2.00 bits per heavy atom. The number of thiazole rings is 1. The molecule has 116 valence electrons. The molecule has 1 aromatic carbocycles. The van der Waals surface area contributed by atoms with Crippen molar-refractivity contribution in [3.63, 3.8) is 0 Å². The Morgan fingerprint density at radius 3 is 2.64 bits per heavy atom. The first-order chi connectivity index (χ1) is 10.6. The number of aromatic nitrogens is 1. The largest absolute Gasteiger partial charge is 0.481 e. The Morgan fingerprint density at radius 1 is 1.27 bits per heavy atom. The molecule has 0 saturated carbocycles. The molecule has 1 amide bonds. The number of carboxylic acids is 1. The summed E-state index contributed by atoms with van der Waals surface area (Å²) in [7, 11) is 0. The molecule has 0 atom stereocenters. The van der Waals surface area contributed by atoms with E-state index in [1.165, 1.54) is 11.3 Å². The topological polar surface area (TPSA) is 70.5 Å².